The summed E-state index contributed by atoms with van der Waals surface area (Å²) in [6, 6.07) is 0.599. The number of rotatable bonds is 7. The Morgan fingerprint density at radius 3 is 2.87 bits per heavy atom. The molecule has 0 spiro atoms. The topological polar surface area (TPSA) is 52.6 Å². The van der Waals surface area contributed by atoms with Gasteiger partial charge in [-0.2, -0.15) is 0 Å². The van der Waals surface area contributed by atoms with E-state index in [4.69, 9.17) is 4.99 Å². The van der Waals surface area contributed by atoms with Crippen molar-refractivity contribution in [3.05, 3.63) is 16.1 Å². The molecule has 23 heavy (non-hydrogen) atoms. The Balaban J connectivity index is 0.00000264. The van der Waals surface area contributed by atoms with Crippen LogP contribution in [0.5, 0.6) is 0 Å². The lowest BCUT2D eigenvalue weighted by Crippen LogP contribution is -2.39. The molecule has 1 atom stereocenters. The molecular weight excluding hydrogens is 421 g/mol. The molecule has 1 aliphatic heterocycles. The lowest BCUT2D eigenvalue weighted by Gasteiger charge is -2.18. The zero-order valence-corrected chi connectivity index (χ0v) is 17.6. The molecular formula is C16H30IN5S. The molecule has 1 saturated heterocycles. The molecule has 132 valence electrons. The lowest BCUT2D eigenvalue weighted by molar-refractivity contribution is 0.317. The fourth-order valence-corrected chi connectivity index (χ4v) is 3.53. The minimum absolute atomic E-state index is 0. The Morgan fingerprint density at radius 2 is 2.26 bits per heavy atom. The van der Waals surface area contributed by atoms with Crippen molar-refractivity contribution in [3.8, 4) is 0 Å². The highest BCUT2D eigenvalue weighted by molar-refractivity contribution is 14.0. The summed E-state index contributed by atoms with van der Waals surface area (Å²) in [4.78, 5) is 13.0. The van der Waals surface area contributed by atoms with Crippen molar-refractivity contribution < 1.29 is 0 Å². The molecule has 2 heterocycles. The molecule has 0 radical (unpaired) electrons. The summed E-state index contributed by atoms with van der Waals surface area (Å²) in [5.74, 6) is 0.926. The number of nitrogens with one attached hydrogen (secondary N) is 2. The third-order valence-corrected chi connectivity index (χ3v) is 5.26. The van der Waals surface area contributed by atoms with Crippen molar-refractivity contribution >= 4 is 41.3 Å². The number of nitrogens with zero attached hydrogens (tertiary/aromatic N) is 3. The first-order valence-electron chi connectivity index (χ1n) is 8.39. The van der Waals surface area contributed by atoms with Crippen LogP contribution in [0.25, 0.3) is 0 Å². The van der Waals surface area contributed by atoms with E-state index in [1.54, 1.807) is 0 Å². The van der Waals surface area contributed by atoms with Crippen molar-refractivity contribution in [3.63, 3.8) is 0 Å². The predicted molar refractivity (Wildman–Crippen MR) is 110 cm³/mol. The van der Waals surface area contributed by atoms with Gasteiger partial charge in [0.2, 0.25) is 0 Å². The summed E-state index contributed by atoms with van der Waals surface area (Å²) in [5.41, 5.74) is 0. The van der Waals surface area contributed by atoms with Gasteiger partial charge < -0.3 is 15.5 Å². The zero-order chi connectivity index (χ0) is 15.8. The molecule has 2 N–H and O–H groups in total. The van der Waals surface area contributed by atoms with Gasteiger partial charge in [0.1, 0.15) is 0 Å². The first kappa shape index (κ1) is 20.6. The number of aromatic nitrogens is 1. The Kier molecular flexibility index (Phi) is 10.0. The summed E-state index contributed by atoms with van der Waals surface area (Å²) in [7, 11) is 2.20. The molecule has 2 rings (SSSR count). The normalized spacial score (nSPS) is 18.7. The molecule has 0 aliphatic carbocycles. The molecule has 1 unspecified atom stereocenters. The van der Waals surface area contributed by atoms with E-state index in [1.165, 1.54) is 29.3 Å². The number of hydrogen-bond donors (Lipinski definition) is 2. The highest BCUT2D eigenvalue weighted by atomic mass is 127. The maximum atomic E-state index is 4.73. The summed E-state index contributed by atoms with van der Waals surface area (Å²) in [6.45, 7) is 8.13. The standard InChI is InChI=1S/C16H29N5S.HI/c1-4-14-12-19-15(22-14)8-9-18-16(17-5-2)20-11-13-7-6-10-21(13)3;/h12-13H,4-11H2,1-3H3,(H2,17,18,20);1H. The average molecular weight is 451 g/mol. The van der Waals surface area contributed by atoms with Gasteiger partial charge in [-0.25, -0.2) is 4.98 Å². The zero-order valence-electron chi connectivity index (χ0n) is 14.5. The molecule has 1 aromatic heterocycles. The summed E-state index contributed by atoms with van der Waals surface area (Å²) in [6.07, 6.45) is 6.58. The fourth-order valence-electron chi connectivity index (χ4n) is 2.66. The van der Waals surface area contributed by atoms with E-state index in [-0.39, 0.29) is 24.0 Å². The van der Waals surface area contributed by atoms with Crippen LogP contribution in [0.15, 0.2) is 11.2 Å². The van der Waals surface area contributed by atoms with Gasteiger partial charge in [0, 0.05) is 36.6 Å². The average Bonchev–Trinajstić information content (AvgIpc) is 3.13. The summed E-state index contributed by atoms with van der Waals surface area (Å²) < 4.78 is 0. The van der Waals surface area contributed by atoms with Crippen LogP contribution in [0, 0.1) is 0 Å². The van der Waals surface area contributed by atoms with E-state index in [9.17, 15) is 0 Å². The van der Waals surface area contributed by atoms with E-state index in [0.29, 0.717) is 6.04 Å². The smallest absolute Gasteiger partial charge is 0.191 e. The number of likely N-dealkylation sites (N-methyl/N-ethyl adjacent to an activating group) is 1. The second-order valence-electron chi connectivity index (χ2n) is 5.75. The maximum Gasteiger partial charge on any atom is 0.191 e. The molecule has 1 aliphatic rings. The van der Waals surface area contributed by atoms with Crippen LogP contribution >= 0.6 is 35.3 Å². The lowest BCUT2D eigenvalue weighted by atomic mass is 10.2. The second kappa shape index (κ2) is 11.2. The number of halogens is 1. The number of hydrogen-bond acceptors (Lipinski definition) is 4. The molecule has 7 heteroatoms. The van der Waals surface area contributed by atoms with Crippen LogP contribution in [0.4, 0.5) is 0 Å². The molecule has 1 aromatic rings. The Morgan fingerprint density at radius 1 is 1.43 bits per heavy atom. The fraction of sp³-hybridized carbons (Fsp3) is 0.750. The van der Waals surface area contributed by atoms with Gasteiger partial charge in [-0.3, -0.25) is 4.99 Å². The van der Waals surface area contributed by atoms with Crippen molar-refractivity contribution in [1.29, 1.82) is 0 Å². The Bertz CT molecular complexity index is 477. The van der Waals surface area contributed by atoms with Gasteiger partial charge in [0.25, 0.3) is 0 Å². The largest absolute Gasteiger partial charge is 0.357 e. The van der Waals surface area contributed by atoms with E-state index in [0.717, 1.165) is 38.4 Å². The predicted octanol–water partition coefficient (Wildman–Crippen LogP) is 2.52. The maximum absolute atomic E-state index is 4.73. The van der Waals surface area contributed by atoms with Gasteiger partial charge in [0.05, 0.1) is 11.6 Å². The quantitative estimate of drug-likeness (QED) is 0.380. The first-order valence-corrected chi connectivity index (χ1v) is 9.20. The van der Waals surface area contributed by atoms with Crippen molar-refractivity contribution in [2.24, 2.45) is 4.99 Å². The van der Waals surface area contributed by atoms with Gasteiger partial charge in [-0.1, -0.05) is 6.92 Å². The van der Waals surface area contributed by atoms with E-state index >= 15 is 0 Å². The summed E-state index contributed by atoms with van der Waals surface area (Å²) >= 11 is 1.81. The highest BCUT2D eigenvalue weighted by Crippen LogP contribution is 2.15. The number of likely N-dealkylation sites (tertiary alicyclic amines) is 1. The molecule has 5 nitrogen and oxygen atoms in total. The van der Waals surface area contributed by atoms with Crippen LogP contribution in [0.1, 0.15) is 36.6 Å². The minimum atomic E-state index is 0. The van der Waals surface area contributed by atoms with E-state index < -0.39 is 0 Å². The van der Waals surface area contributed by atoms with Crippen molar-refractivity contribution in [2.45, 2.75) is 45.6 Å². The molecule has 1 fully saturated rings. The van der Waals surface area contributed by atoms with Crippen LogP contribution < -0.4 is 10.6 Å². The molecule has 0 aromatic carbocycles. The van der Waals surface area contributed by atoms with E-state index in [2.05, 4.69) is 41.4 Å². The van der Waals surface area contributed by atoms with Crippen molar-refractivity contribution in [2.75, 3.05) is 33.2 Å². The van der Waals surface area contributed by atoms with E-state index in [1.807, 2.05) is 17.5 Å². The number of thiazole rings is 1. The number of guanidine groups is 1. The van der Waals surface area contributed by atoms with Crippen molar-refractivity contribution in [1.82, 2.24) is 20.5 Å². The van der Waals surface area contributed by atoms with Gasteiger partial charge >= 0.3 is 0 Å². The number of aryl methyl sites for hydroxylation is 1. The molecule has 0 saturated carbocycles. The molecule has 0 amide bonds. The SMILES string of the molecule is CCNC(=NCC1CCCN1C)NCCc1ncc(CC)s1.I. The minimum Gasteiger partial charge on any atom is -0.357 e. The monoisotopic (exact) mass is 451 g/mol. The third kappa shape index (κ3) is 6.93. The van der Waals surface area contributed by atoms with Gasteiger partial charge in [0.15, 0.2) is 5.96 Å². The van der Waals surface area contributed by atoms with Gasteiger partial charge in [-0.15, -0.1) is 35.3 Å². The summed E-state index contributed by atoms with van der Waals surface area (Å²) in [5, 5.41) is 7.95. The highest BCUT2D eigenvalue weighted by Gasteiger charge is 2.20. The van der Waals surface area contributed by atoms with Crippen LogP contribution in [0.2, 0.25) is 0 Å². The Labute approximate surface area is 161 Å². The Hall–Kier alpha value is -0.410. The van der Waals surface area contributed by atoms with Gasteiger partial charge in [-0.05, 0) is 39.8 Å². The van der Waals surface area contributed by atoms with Crippen LogP contribution in [-0.2, 0) is 12.8 Å². The number of aliphatic imine (C=N–C) groups is 1. The third-order valence-electron chi connectivity index (χ3n) is 4.06. The second-order valence-corrected chi connectivity index (χ2v) is 6.95. The van der Waals surface area contributed by atoms with Crippen LogP contribution in [0.3, 0.4) is 0 Å². The first-order chi connectivity index (χ1) is 10.7. The molecule has 0 bridgehead atoms. The van der Waals surface area contributed by atoms with Crippen LogP contribution in [-0.4, -0.2) is 55.1 Å².